The highest BCUT2D eigenvalue weighted by Gasteiger charge is 2.33. The van der Waals surface area contributed by atoms with Gasteiger partial charge in [0.25, 0.3) is 0 Å². The quantitative estimate of drug-likeness (QED) is 0.773. The van der Waals surface area contributed by atoms with Crippen molar-refractivity contribution in [3.05, 3.63) is 30.3 Å². The number of likely N-dealkylation sites (tertiary alicyclic amines) is 1. The van der Waals surface area contributed by atoms with Gasteiger partial charge in [-0.3, -0.25) is 4.79 Å². The number of nitrogens with two attached hydrogens (primary N) is 1. The molecule has 1 heterocycles. The van der Waals surface area contributed by atoms with Gasteiger partial charge in [-0.15, -0.1) is 0 Å². The SMILES string of the molecule is NC1CCCC(C(=O)N2CCCCC2CNC(=O)Nc2ccccc2)C1. The molecule has 0 radical (unpaired) electrons. The minimum atomic E-state index is -0.228. The molecule has 3 rings (SSSR count). The molecule has 26 heavy (non-hydrogen) atoms. The highest BCUT2D eigenvalue weighted by molar-refractivity contribution is 5.89. The normalized spacial score (nSPS) is 26.2. The van der Waals surface area contributed by atoms with E-state index in [0.717, 1.165) is 57.2 Å². The summed E-state index contributed by atoms with van der Waals surface area (Å²) >= 11 is 0. The third kappa shape index (κ3) is 4.97. The monoisotopic (exact) mass is 358 g/mol. The van der Waals surface area contributed by atoms with Crippen LogP contribution in [0, 0.1) is 5.92 Å². The van der Waals surface area contributed by atoms with Crippen molar-refractivity contribution in [2.24, 2.45) is 11.7 Å². The van der Waals surface area contributed by atoms with Gasteiger partial charge in [0, 0.05) is 36.8 Å². The molecule has 4 N–H and O–H groups in total. The molecule has 2 aliphatic rings. The van der Waals surface area contributed by atoms with Gasteiger partial charge in [0.15, 0.2) is 0 Å². The molecule has 0 aromatic heterocycles. The molecule has 1 aliphatic heterocycles. The lowest BCUT2D eigenvalue weighted by Gasteiger charge is -2.39. The van der Waals surface area contributed by atoms with E-state index in [1.54, 1.807) is 0 Å². The van der Waals surface area contributed by atoms with Crippen LogP contribution in [0.2, 0.25) is 0 Å². The van der Waals surface area contributed by atoms with Gasteiger partial charge in [0.1, 0.15) is 0 Å². The summed E-state index contributed by atoms with van der Waals surface area (Å²) in [6.07, 6.45) is 6.87. The van der Waals surface area contributed by atoms with Gasteiger partial charge in [-0.05, 0) is 50.7 Å². The maximum atomic E-state index is 13.0. The highest BCUT2D eigenvalue weighted by Crippen LogP contribution is 2.28. The average Bonchev–Trinajstić information content (AvgIpc) is 2.67. The first kappa shape index (κ1) is 18.7. The fraction of sp³-hybridized carbons (Fsp3) is 0.600. The van der Waals surface area contributed by atoms with E-state index in [1.807, 2.05) is 35.2 Å². The summed E-state index contributed by atoms with van der Waals surface area (Å²) in [7, 11) is 0. The van der Waals surface area contributed by atoms with Gasteiger partial charge in [-0.25, -0.2) is 4.79 Å². The van der Waals surface area contributed by atoms with E-state index in [1.165, 1.54) is 0 Å². The van der Waals surface area contributed by atoms with Gasteiger partial charge in [0.05, 0.1) is 0 Å². The standard InChI is InChI=1S/C20H30N4O2/c21-16-8-6-7-15(13-16)19(25)24-12-5-4-11-18(24)14-22-20(26)23-17-9-2-1-3-10-17/h1-3,9-10,15-16,18H,4-8,11-14,21H2,(H2,22,23,26). The molecule has 2 fully saturated rings. The molecule has 142 valence electrons. The van der Waals surface area contributed by atoms with E-state index < -0.39 is 0 Å². The Bertz CT molecular complexity index is 607. The smallest absolute Gasteiger partial charge is 0.319 e. The molecule has 3 atom stereocenters. The minimum Gasteiger partial charge on any atom is -0.338 e. The summed E-state index contributed by atoms with van der Waals surface area (Å²) in [6.45, 7) is 1.28. The van der Waals surface area contributed by atoms with Crippen LogP contribution in [-0.2, 0) is 4.79 Å². The Morgan fingerprint density at radius 1 is 1.08 bits per heavy atom. The van der Waals surface area contributed by atoms with Crippen molar-refractivity contribution in [3.8, 4) is 0 Å². The predicted octanol–water partition coefficient (Wildman–Crippen LogP) is 2.71. The second kappa shape index (κ2) is 9.03. The number of anilines is 1. The Morgan fingerprint density at radius 2 is 1.88 bits per heavy atom. The topological polar surface area (TPSA) is 87.5 Å². The number of carbonyl (C=O) groups excluding carboxylic acids is 2. The molecular formula is C20H30N4O2. The van der Waals surface area contributed by atoms with E-state index in [9.17, 15) is 9.59 Å². The molecule has 1 saturated carbocycles. The number of carbonyl (C=O) groups is 2. The predicted molar refractivity (Wildman–Crippen MR) is 103 cm³/mol. The third-order valence-corrected chi connectivity index (χ3v) is 5.50. The summed E-state index contributed by atoms with van der Waals surface area (Å²) in [5.41, 5.74) is 6.82. The van der Waals surface area contributed by atoms with Crippen LogP contribution in [0.15, 0.2) is 30.3 Å². The van der Waals surface area contributed by atoms with Crippen LogP contribution in [0.5, 0.6) is 0 Å². The summed E-state index contributed by atoms with van der Waals surface area (Å²) in [5.74, 6) is 0.285. The molecule has 6 heteroatoms. The Balaban J connectivity index is 1.53. The number of para-hydroxylation sites is 1. The molecular weight excluding hydrogens is 328 g/mol. The van der Waals surface area contributed by atoms with Crippen molar-refractivity contribution in [3.63, 3.8) is 0 Å². The molecule has 3 unspecified atom stereocenters. The summed E-state index contributed by atoms with van der Waals surface area (Å²) in [6, 6.07) is 9.37. The maximum absolute atomic E-state index is 13.0. The van der Waals surface area contributed by atoms with Crippen LogP contribution in [0.4, 0.5) is 10.5 Å². The summed E-state index contributed by atoms with van der Waals surface area (Å²) < 4.78 is 0. The van der Waals surface area contributed by atoms with Crippen LogP contribution in [0.1, 0.15) is 44.9 Å². The number of benzene rings is 1. The zero-order chi connectivity index (χ0) is 18.4. The van der Waals surface area contributed by atoms with E-state index >= 15 is 0 Å². The average molecular weight is 358 g/mol. The van der Waals surface area contributed by atoms with Crippen molar-refractivity contribution in [2.75, 3.05) is 18.4 Å². The lowest BCUT2D eigenvalue weighted by Crippen LogP contribution is -2.52. The second-order valence-electron chi connectivity index (χ2n) is 7.51. The van der Waals surface area contributed by atoms with Gasteiger partial charge >= 0.3 is 6.03 Å². The highest BCUT2D eigenvalue weighted by atomic mass is 16.2. The Morgan fingerprint density at radius 3 is 2.65 bits per heavy atom. The lowest BCUT2D eigenvalue weighted by molar-refractivity contribution is -0.140. The van der Waals surface area contributed by atoms with E-state index in [0.29, 0.717) is 6.54 Å². The number of amides is 3. The van der Waals surface area contributed by atoms with Crippen LogP contribution in [0.3, 0.4) is 0 Å². The molecule has 1 aliphatic carbocycles. The van der Waals surface area contributed by atoms with Crippen molar-refractivity contribution in [1.29, 1.82) is 0 Å². The molecule has 1 aromatic carbocycles. The molecule has 6 nitrogen and oxygen atoms in total. The Hall–Kier alpha value is -2.08. The minimum absolute atomic E-state index is 0.0532. The van der Waals surface area contributed by atoms with E-state index in [-0.39, 0.29) is 29.9 Å². The molecule has 3 amide bonds. The first-order chi connectivity index (χ1) is 12.6. The number of nitrogens with zero attached hydrogens (tertiary/aromatic N) is 1. The number of hydrogen-bond donors (Lipinski definition) is 3. The van der Waals surface area contributed by atoms with E-state index in [4.69, 9.17) is 5.73 Å². The lowest BCUT2D eigenvalue weighted by atomic mass is 9.84. The largest absolute Gasteiger partial charge is 0.338 e. The van der Waals surface area contributed by atoms with Gasteiger partial charge in [0.2, 0.25) is 5.91 Å². The van der Waals surface area contributed by atoms with Gasteiger partial charge in [-0.1, -0.05) is 24.6 Å². The van der Waals surface area contributed by atoms with Crippen molar-refractivity contribution in [2.45, 2.75) is 57.0 Å². The van der Waals surface area contributed by atoms with Crippen LogP contribution >= 0.6 is 0 Å². The molecule has 1 aromatic rings. The molecule has 0 spiro atoms. The van der Waals surface area contributed by atoms with Crippen LogP contribution in [0.25, 0.3) is 0 Å². The van der Waals surface area contributed by atoms with Crippen molar-refractivity contribution in [1.82, 2.24) is 10.2 Å². The van der Waals surface area contributed by atoms with E-state index in [2.05, 4.69) is 10.6 Å². The zero-order valence-corrected chi connectivity index (χ0v) is 15.3. The maximum Gasteiger partial charge on any atom is 0.319 e. The number of urea groups is 1. The number of hydrogen-bond acceptors (Lipinski definition) is 3. The summed E-state index contributed by atoms with van der Waals surface area (Å²) in [4.78, 5) is 27.1. The Kier molecular flexibility index (Phi) is 6.50. The van der Waals surface area contributed by atoms with Crippen LogP contribution < -0.4 is 16.4 Å². The number of rotatable bonds is 4. The molecule has 0 bridgehead atoms. The fourth-order valence-corrected chi connectivity index (χ4v) is 4.10. The Labute approximate surface area is 155 Å². The van der Waals surface area contributed by atoms with Gasteiger partial charge < -0.3 is 21.3 Å². The van der Waals surface area contributed by atoms with Crippen molar-refractivity contribution >= 4 is 17.6 Å². The van der Waals surface area contributed by atoms with Crippen molar-refractivity contribution < 1.29 is 9.59 Å². The number of nitrogens with one attached hydrogen (secondary N) is 2. The first-order valence-electron chi connectivity index (χ1n) is 9.79. The third-order valence-electron chi connectivity index (χ3n) is 5.50. The fourth-order valence-electron chi connectivity index (χ4n) is 4.10. The summed E-state index contributed by atoms with van der Waals surface area (Å²) in [5, 5.41) is 5.75. The first-order valence-corrected chi connectivity index (χ1v) is 9.79. The van der Waals surface area contributed by atoms with Crippen LogP contribution in [-0.4, -0.2) is 42.0 Å². The van der Waals surface area contributed by atoms with Gasteiger partial charge in [-0.2, -0.15) is 0 Å². The molecule has 1 saturated heterocycles. The number of piperidine rings is 1. The second-order valence-corrected chi connectivity index (χ2v) is 7.51. The zero-order valence-electron chi connectivity index (χ0n) is 15.3.